The molecule has 2 heteroatoms. The van der Waals surface area contributed by atoms with Crippen LogP contribution in [0, 0.1) is 17.3 Å². The highest BCUT2D eigenvalue weighted by molar-refractivity contribution is 5.83. The molecule has 0 radical (unpaired) electrons. The Morgan fingerprint density at radius 2 is 2.06 bits per heavy atom. The van der Waals surface area contributed by atoms with Crippen molar-refractivity contribution in [2.45, 2.75) is 59.8 Å². The third kappa shape index (κ3) is 3.73. The van der Waals surface area contributed by atoms with Gasteiger partial charge in [0.2, 0.25) is 0 Å². The first-order chi connectivity index (χ1) is 7.32. The fourth-order valence-electron chi connectivity index (χ4n) is 2.60. The highest BCUT2D eigenvalue weighted by atomic mass is 16.1. The smallest absolute Gasteiger partial charge is 0.136 e. The van der Waals surface area contributed by atoms with E-state index in [1.54, 1.807) is 6.92 Å². The Hall–Kier alpha value is -0.660. The zero-order valence-corrected chi connectivity index (χ0v) is 11.0. The van der Waals surface area contributed by atoms with Crippen molar-refractivity contribution in [1.29, 1.82) is 0 Å². The lowest BCUT2D eigenvalue weighted by molar-refractivity contribution is -0.122. The summed E-state index contributed by atoms with van der Waals surface area (Å²) >= 11 is 0. The second-order valence-corrected chi connectivity index (χ2v) is 6.16. The van der Waals surface area contributed by atoms with Gasteiger partial charge in [0, 0.05) is 18.8 Å². The molecule has 0 aromatic heterocycles. The lowest BCUT2D eigenvalue weighted by atomic mass is 9.76. The van der Waals surface area contributed by atoms with Crippen molar-refractivity contribution in [3.05, 3.63) is 0 Å². The van der Waals surface area contributed by atoms with Crippen molar-refractivity contribution in [3.8, 4) is 0 Å². The number of hydrogen-bond acceptors (Lipinski definition) is 2. The molecule has 0 aromatic carbocycles. The van der Waals surface area contributed by atoms with Crippen LogP contribution in [0.25, 0.3) is 0 Å². The summed E-state index contributed by atoms with van der Waals surface area (Å²) in [7, 11) is 0. The Labute approximate surface area is 98.8 Å². The van der Waals surface area contributed by atoms with Gasteiger partial charge in [-0.05, 0) is 37.5 Å². The quantitative estimate of drug-likeness (QED) is 0.717. The summed E-state index contributed by atoms with van der Waals surface area (Å²) in [5, 5.41) is 0. The minimum absolute atomic E-state index is 0.116. The van der Waals surface area contributed by atoms with Crippen LogP contribution in [0.2, 0.25) is 0 Å². The summed E-state index contributed by atoms with van der Waals surface area (Å²) < 4.78 is 0. The fraction of sp³-hybridized carbons (Fsp3) is 0.857. The van der Waals surface area contributed by atoms with Crippen molar-refractivity contribution in [1.82, 2.24) is 0 Å². The monoisotopic (exact) mass is 224 g/mol. The highest BCUT2D eigenvalue weighted by Crippen LogP contribution is 2.39. The molecule has 1 aliphatic carbocycles. The average molecular weight is 224 g/mol. The van der Waals surface area contributed by atoms with Crippen LogP contribution in [0.15, 0.2) is 0 Å². The molecule has 0 heterocycles. The summed E-state index contributed by atoms with van der Waals surface area (Å²) in [6.07, 6.45) is 4.29. The van der Waals surface area contributed by atoms with Crippen LogP contribution < -0.4 is 0 Å². The van der Waals surface area contributed by atoms with Gasteiger partial charge < -0.3 is 4.79 Å². The van der Waals surface area contributed by atoms with Crippen LogP contribution in [0.1, 0.15) is 59.8 Å². The second kappa shape index (κ2) is 5.11. The van der Waals surface area contributed by atoms with Crippen molar-refractivity contribution < 1.29 is 9.59 Å². The highest BCUT2D eigenvalue weighted by Gasteiger charge is 2.35. The number of ketones is 2. The number of Topliss-reactive ketones (excluding diaryl/α,β-unsaturated/α-hetero) is 2. The molecule has 0 spiro atoms. The predicted molar refractivity (Wildman–Crippen MR) is 65.2 cm³/mol. The third-order valence-electron chi connectivity index (χ3n) is 3.87. The maximum atomic E-state index is 11.7. The van der Waals surface area contributed by atoms with Crippen molar-refractivity contribution in [2.75, 3.05) is 0 Å². The number of hydrogen-bond donors (Lipinski definition) is 0. The molecule has 1 rings (SSSR count). The minimum Gasteiger partial charge on any atom is -0.300 e. The Balaban J connectivity index is 2.50. The summed E-state index contributed by atoms with van der Waals surface area (Å²) in [6, 6.07) is 0. The molecular formula is C14H24O2. The standard InChI is InChI=1S/C14H24O2/c1-10-5-6-13(16)12(10)9-14(3,4)8-7-11(2)15/h10,12H,5-9H2,1-4H3/t10-,12+/m1/s1. The Morgan fingerprint density at radius 3 is 2.50 bits per heavy atom. The molecule has 2 atom stereocenters. The van der Waals surface area contributed by atoms with Gasteiger partial charge in [-0.3, -0.25) is 4.79 Å². The van der Waals surface area contributed by atoms with E-state index in [9.17, 15) is 9.59 Å². The molecule has 1 saturated carbocycles. The molecule has 0 unspecified atom stereocenters. The van der Waals surface area contributed by atoms with Crippen LogP contribution in [-0.4, -0.2) is 11.6 Å². The molecule has 0 aliphatic heterocycles. The van der Waals surface area contributed by atoms with E-state index in [0.29, 0.717) is 18.1 Å². The molecule has 2 nitrogen and oxygen atoms in total. The maximum absolute atomic E-state index is 11.7. The van der Waals surface area contributed by atoms with E-state index in [4.69, 9.17) is 0 Å². The van der Waals surface area contributed by atoms with Crippen LogP contribution in [0.3, 0.4) is 0 Å². The summed E-state index contributed by atoms with van der Waals surface area (Å²) in [6.45, 7) is 8.17. The molecule has 0 saturated heterocycles. The molecule has 0 bridgehead atoms. The largest absolute Gasteiger partial charge is 0.300 e. The first-order valence-corrected chi connectivity index (χ1v) is 6.34. The van der Waals surface area contributed by atoms with Crippen molar-refractivity contribution >= 4 is 11.6 Å². The average Bonchev–Trinajstić information content (AvgIpc) is 2.46. The van der Waals surface area contributed by atoms with Gasteiger partial charge in [-0.1, -0.05) is 20.8 Å². The normalized spacial score (nSPS) is 26.1. The van der Waals surface area contributed by atoms with Crippen molar-refractivity contribution in [3.63, 3.8) is 0 Å². The van der Waals surface area contributed by atoms with E-state index in [2.05, 4.69) is 20.8 Å². The van der Waals surface area contributed by atoms with E-state index < -0.39 is 0 Å². The molecule has 92 valence electrons. The van der Waals surface area contributed by atoms with Gasteiger partial charge >= 0.3 is 0 Å². The number of carbonyl (C=O) groups excluding carboxylic acids is 2. The zero-order chi connectivity index (χ0) is 12.3. The van der Waals surface area contributed by atoms with Gasteiger partial charge in [0.1, 0.15) is 11.6 Å². The molecule has 0 amide bonds. The van der Waals surface area contributed by atoms with Gasteiger partial charge in [-0.25, -0.2) is 0 Å². The van der Waals surface area contributed by atoms with E-state index in [1.807, 2.05) is 0 Å². The first kappa shape index (κ1) is 13.4. The summed E-state index contributed by atoms with van der Waals surface area (Å²) in [5.41, 5.74) is 0.116. The van der Waals surface area contributed by atoms with Gasteiger partial charge in [0.05, 0.1) is 0 Å². The SMILES string of the molecule is CC(=O)CCC(C)(C)C[C@@H]1C(=O)CC[C@H]1C. The van der Waals surface area contributed by atoms with Crippen molar-refractivity contribution in [2.24, 2.45) is 17.3 Å². The second-order valence-electron chi connectivity index (χ2n) is 6.16. The van der Waals surface area contributed by atoms with E-state index >= 15 is 0 Å². The molecule has 1 aliphatic rings. The number of rotatable bonds is 5. The Morgan fingerprint density at radius 1 is 1.44 bits per heavy atom. The van der Waals surface area contributed by atoms with E-state index in [0.717, 1.165) is 25.7 Å². The lowest BCUT2D eigenvalue weighted by Crippen LogP contribution is -2.23. The van der Waals surface area contributed by atoms with Crippen LogP contribution in [0.5, 0.6) is 0 Å². The molecule has 0 aromatic rings. The topological polar surface area (TPSA) is 34.1 Å². The van der Waals surface area contributed by atoms with Gasteiger partial charge in [0.15, 0.2) is 0 Å². The third-order valence-corrected chi connectivity index (χ3v) is 3.87. The van der Waals surface area contributed by atoms with Crippen LogP contribution in [0.4, 0.5) is 0 Å². The molecule has 1 fully saturated rings. The molecule has 16 heavy (non-hydrogen) atoms. The Kier molecular flexibility index (Phi) is 4.28. The molecule has 0 N–H and O–H groups in total. The van der Waals surface area contributed by atoms with Gasteiger partial charge in [-0.15, -0.1) is 0 Å². The summed E-state index contributed by atoms with van der Waals surface area (Å²) in [5.74, 6) is 1.45. The number of carbonyl (C=O) groups is 2. The molecular weight excluding hydrogens is 200 g/mol. The summed E-state index contributed by atoms with van der Waals surface area (Å²) in [4.78, 5) is 22.7. The van der Waals surface area contributed by atoms with Crippen LogP contribution >= 0.6 is 0 Å². The van der Waals surface area contributed by atoms with E-state index in [1.165, 1.54) is 0 Å². The fourth-order valence-corrected chi connectivity index (χ4v) is 2.60. The zero-order valence-electron chi connectivity index (χ0n) is 11.0. The maximum Gasteiger partial charge on any atom is 0.136 e. The van der Waals surface area contributed by atoms with Gasteiger partial charge in [-0.2, -0.15) is 0 Å². The van der Waals surface area contributed by atoms with Crippen LogP contribution in [-0.2, 0) is 9.59 Å². The minimum atomic E-state index is 0.116. The van der Waals surface area contributed by atoms with E-state index in [-0.39, 0.29) is 17.1 Å². The van der Waals surface area contributed by atoms with Gasteiger partial charge in [0.25, 0.3) is 0 Å². The Bertz CT molecular complexity index is 278. The predicted octanol–water partition coefficient (Wildman–Crippen LogP) is 3.39. The first-order valence-electron chi connectivity index (χ1n) is 6.34. The lowest BCUT2D eigenvalue weighted by Gasteiger charge is -2.28.